The molecule has 10 heteroatoms. The highest BCUT2D eigenvalue weighted by molar-refractivity contribution is 5.89. The predicted octanol–water partition coefficient (Wildman–Crippen LogP) is -1.16. The second-order valence-electron chi connectivity index (χ2n) is 9.08. The number of piperidine rings is 1. The van der Waals surface area contributed by atoms with Crippen LogP contribution in [0.4, 0.5) is 0 Å². The summed E-state index contributed by atoms with van der Waals surface area (Å²) in [5.41, 5.74) is 5.57. The van der Waals surface area contributed by atoms with Crippen LogP contribution in [0.3, 0.4) is 0 Å². The molecule has 0 radical (unpaired) electrons. The van der Waals surface area contributed by atoms with Gasteiger partial charge < -0.3 is 26.0 Å². The third kappa shape index (κ3) is 7.13. The van der Waals surface area contributed by atoms with Crippen molar-refractivity contribution in [2.45, 2.75) is 58.7 Å². The van der Waals surface area contributed by atoms with E-state index in [2.05, 4.69) is 29.2 Å². The van der Waals surface area contributed by atoms with Crippen molar-refractivity contribution >= 4 is 17.7 Å². The number of likely N-dealkylation sites (tertiary alicyclic amines) is 1. The molecule has 10 nitrogen and oxygen atoms in total. The Labute approximate surface area is 185 Å². The number of amides is 3. The molecule has 3 amide bonds. The van der Waals surface area contributed by atoms with E-state index in [0.717, 1.165) is 32.5 Å². The molecule has 2 aliphatic rings. The average molecular weight is 441 g/mol. The molecule has 2 rings (SSSR count). The molecule has 1 unspecified atom stereocenters. The van der Waals surface area contributed by atoms with Gasteiger partial charge in [0.25, 0.3) is 0 Å². The molecule has 2 fully saturated rings. The molecule has 31 heavy (non-hydrogen) atoms. The number of carbonyl (C=O) groups excluding carboxylic acids is 3. The minimum absolute atomic E-state index is 0.0834. The Hall–Kier alpha value is -1.75. The van der Waals surface area contributed by atoms with Crippen LogP contribution in [0.25, 0.3) is 0 Å². The first-order valence-corrected chi connectivity index (χ1v) is 11.4. The molecular formula is C21H40N6O4. The number of piperazine rings is 1. The number of nitrogens with zero attached hydrogens (tertiary/aromatic N) is 4. The lowest BCUT2D eigenvalue weighted by atomic mass is 10.0. The van der Waals surface area contributed by atoms with Crippen molar-refractivity contribution in [3.05, 3.63) is 0 Å². The Morgan fingerprint density at radius 3 is 2.06 bits per heavy atom. The molecular weight excluding hydrogens is 400 g/mol. The van der Waals surface area contributed by atoms with Crippen molar-refractivity contribution in [3.63, 3.8) is 0 Å². The second-order valence-corrected chi connectivity index (χ2v) is 9.08. The Balaban J connectivity index is 1.92. The molecule has 2 saturated heterocycles. The Kier molecular flexibility index (Phi) is 9.67. The number of carbonyl (C=O) groups is 3. The summed E-state index contributed by atoms with van der Waals surface area (Å²) in [4.78, 5) is 39.8. The van der Waals surface area contributed by atoms with Crippen LogP contribution in [0.5, 0.6) is 0 Å². The molecule has 0 aromatic rings. The van der Waals surface area contributed by atoms with Gasteiger partial charge in [-0.3, -0.25) is 14.4 Å². The van der Waals surface area contributed by atoms with E-state index < -0.39 is 18.7 Å². The largest absolute Gasteiger partial charge is 0.387 e. The summed E-state index contributed by atoms with van der Waals surface area (Å²) in [5, 5.41) is 16.5. The van der Waals surface area contributed by atoms with Crippen molar-refractivity contribution in [1.82, 2.24) is 25.1 Å². The summed E-state index contributed by atoms with van der Waals surface area (Å²) >= 11 is 0. The molecule has 178 valence electrons. The van der Waals surface area contributed by atoms with Crippen LogP contribution >= 0.6 is 0 Å². The minimum Gasteiger partial charge on any atom is -0.387 e. The van der Waals surface area contributed by atoms with Crippen molar-refractivity contribution < 1.29 is 19.5 Å². The molecule has 2 heterocycles. The lowest BCUT2D eigenvalue weighted by molar-refractivity contribution is -0.146. The van der Waals surface area contributed by atoms with Gasteiger partial charge in [-0.2, -0.15) is 0 Å². The van der Waals surface area contributed by atoms with Gasteiger partial charge in [0, 0.05) is 51.9 Å². The summed E-state index contributed by atoms with van der Waals surface area (Å²) < 4.78 is 0. The molecule has 2 atom stereocenters. The lowest BCUT2D eigenvalue weighted by Crippen LogP contribution is -2.61. The summed E-state index contributed by atoms with van der Waals surface area (Å²) in [6.07, 6.45) is 1.75. The third-order valence-corrected chi connectivity index (χ3v) is 6.00. The van der Waals surface area contributed by atoms with Gasteiger partial charge in [-0.05, 0) is 32.6 Å². The number of hydrogen-bond acceptors (Lipinski definition) is 7. The van der Waals surface area contributed by atoms with E-state index in [9.17, 15) is 14.4 Å². The highest BCUT2D eigenvalue weighted by Gasteiger charge is 2.33. The standard InChI is InChI=1S/C21H40N6O4/c1-15(2)13-27(18-5-7-24(8-6-18)19(29)14-28)26-11-9-25(10-12-26)21(31)17(4)23-20(30)16(3)22/h15-18,28H,5-14,22H2,1-4H3,(H,23,30)/t16?,17-/m1/s1. The first kappa shape index (κ1) is 25.5. The van der Waals surface area contributed by atoms with Crippen LogP contribution < -0.4 is 11.1 Å². The first-order valence-electron chi connectivity index (χ1n) is 11.4. The number of aliphatic hydroxyl groups is 1. The minimum atomic E-state index is -0.643. The van der Waals surface area contributed by atoms with Gasteiger partial charge in [-0.25, -0.2) is 10.0 Å². The van der Waals surface area contributed by atoms with Crippen molar-refractivity contribution in [2.75, 3.05) is 52.4 Å². The van der Waals surface area contributed by atoms with Crippen LogP contribution in [-0.4, -0.2) is 113 Å². The number of aliphatic hydroxyl groups excluding tert-OH is 1. The summed E-state index contributed by atoms with van der Waals surface area (Å²) in [5.74, 6) is -0.120. The first-order chi connectivity index (χ1) is 14.6. The van der Waals surface area contributed by atoms with E-state index in [1.54, 1.807) is 23.6 Å². The van der Waals surface area contributed by atoms with Crippen molar-refractivity contribution in [2.24, 2.45) is 11.7 Å². The van der Waals surface area contributed by atoms with Crippen LogP contribution in [0, 0.1) is 5.92 Å². The fourth-order valence-corrected chi connectivity index (χ4v) is 4.24. The van der Waals surface area contributed by atoms with E-state index in [4.69, 9.17) is 10.8 Å². The number of nitrogens with one attached hydrogen (secondary N) is 1. The highest BCUT2D eigenvalue weighted by Crippen LogP contribution is 2.21. The van der Waals surface area contributed by atoms with Crippen LogP contribution in [0.15, 0.2) is 0 Å². The smallest absolute Gasteiger partial charge is 0.248 e. The monoisotopic (exact) mass is 440 g/mol. The molecule has 0 bridgehead atoms. The van der Waals surface area contributed by atoms with E-state index in [1.807, 2.05) is 0 Å². The number of hydrogen-bond donors (Lipinski definition) is 3. The lowest BCUT2D eigenvalue weighted by Gasteiger charge is -2.47. The van der Waals surface area contributed by atoms with E-state index in [1.165, 1.54) is 0 Å². The van der Waals surface area contributed by atoms with Crippen LogP contribution in [-0.2, 0) is 14.4 Å². The molecule has 4 N–H and O–H groups in total. The fourth-order valence-electron chi connectivity index (χ4n) is 4.24. The molecule has 0 aromatic heterocycles. The normalized spacial score (nSPS) is 20.8. The molecule has 0 aromatic carbocycles. The molecule has 0 aliphatic carbocycles. The SMILES string of the molecule is CC(C)CN(C1CCN(C(=O)CO)CC1)N1CCN(C(=O)[C@@H](C)NC(=O)C(C)N)CC1. The molecule has 0 spiro atoms. The van der Waals surface area contributed by atoms with Crippen molar-refractivity contribution in [3.8, 4) is 0 Å². The maximum Gasteiger partial charge on any atom is 0.248 e. The molecule has 2 aliphatic heterocycles. The van der Waals surface area contributed by atoms with Gasteiger partial charge in [-0.1, -0.05) is 13.8 Å². The van der Waals surface area contributed by atoms with Gasteiger partial charge in [0.2, 0.25) is 17.7 Å². The zero-order valence-corrected chi connectivity index (χ0v) is 19.4. The Morgan fingerprint density at radius 2 is 1.58 bits per heavy atom. The number of hydrazine groups is 1. The Morgan fingerprint density at radius 1 is 1.00 bits per heavy atom. The van der Waals surface area contributed by atoms with Crippen molar-refractivity contribution in [1.29, 1.82) is 0 Å². The predicted molar refractivity (Wildman–Crippen MR) is 118 cm³/mol. The number of nitrogens with two attached hydrogens (primary N) is 1. The third-order valence-electron chi connectivity index (χ3n) is 6.00. The van der Waals surface area contributed by atoms with Gasteiger partial charge in [0.05, 0.1) is 6.04 Å². The summed E-state index contributed by atoms with van der Waals surface area (Å²) in [6, 6.07) is -0.891. The maximum atomic E-state index is 12.7. The van der Waals surface area contributed by atoms with E-state index in [0.29, 0.717) is 38.1 Å². The quantitative estimate of drug-likeness (QED) is 0.435. The van der Waals surface area contributed by atoms with Gasteiger partial charge >= 0.3 is 0 Å². The van der Waals surface area contributed by atoms with Gasteiger partial charge in [0.15, 0.2) is 0 Å². The molecule has 0 saturated carbocycles. The van der Waals surface area contributed by atoms with Gasteiger partial charge in [-0.15, -0.1) is 0 Å². The zero-order valence-electron chi connectivity index (χ0n) is 19.4. The topological polar surface area (TPSA) is 122 Å². The van der Waals surface area contributed by atoms with Gasteiger partial charge in [0.1, 0.15) is 12.6 Å². The van der Waals surface area contributed by atoms with Crippen LogP contribution in [0.2, 0.25) is 0 Å². The summed E-state index contributed by atoms with van der Waals surface area (Å²) in [7, 11) is 0. The second kappa shape index (κ2) is 11.8. The number of rotatable bonds is 8. The van der Waals surface area contributed by atoms with E-state index in [-0.39, 0.29) is 17.7 Å². The maximum absolute atomic E-state index is 12.7. The van der Waals surface area contributed by atoms with Crippen LogP contribution in [0.1, 0.15) is 40.5 Å². The summed E-state index contributed by atoms with van der Waals surface area (Å²) in [6.45, 7) is 12.2. The highest BCUT2D eigenvalue weighted by atomic mass is 16.3. The van der Waals surface area contributed by atoms with E-state index >= 15 is 0 Å². The average Bonchev–Trinajstić information content (AvgIpc) is 2.76. The zero-order chi connectivity index (χ0) is 23.1. The Bertz CT molecular complexity index is 613. The fraction of sp³-hybridized carbons (Fsp3) is 0.857.